The highest BCUT2D eigenvalue weighted by Crippen LogP contribution is 2.46. The van der Waals surface area contributed by atoms with Crippen LogP contribution in [0.4, 0.5) is 15.9 Å². The van der Waals surface area contributed by atoms with Crippen molar-refractivity contribution in [1.29, 1.82) is 0 Å². The van der Waals surface area contributed by atoms with Gasteiger partial charge in [0.1, 0.15) is 29.4 Å². The topological polar surface area (TPSA) is 94.0 Å². The third-order valence-electron chi connectivity index (χ3n) is 6.52. The molecule has 0 spiro atoms. The molecular formula is C29H23FN6O2. The molecule has 38 heavy (non-hydrogen) atoms. The number of carbonyl (C=O) groups is 1. The highest BCUT2D eigenvalue weighted by molar-refractivity contribution is 6.09. The van der Waals surface area contributed by atoms with Crippen molar-refractivity contribution >= 4 is 28.4 Å². The minimum Gasteiger partial charge on any atom is -0.439 e. The van der Waals surface area contributed by atoms with Gasteiger partial charge in [0, 0.05) is 42.2 Å². The van der Waals surface area contributed by atoms with Crippen LogP contribution in [-0.2, 0) is 18.4 Å². The Morgan fingerprint density at radius 2 is 2.00 bits per heavy atom. The van der Waals surface area contributed by atoms with Gasteiger partial charge in [0.15, 0.2) is 0 Å². The lowest BCUT2D eigenvalue weighted by atomic mass is 9.95. The molecule has 0 aliphatic carbocycles. The zero-order chi connectivity index (χ0) is 26.4. The van der Waals surface area contributed by atoms with Crippen LogP contribution < -0.4 is 15.4 Å². The highest BCUT2D eigenvalue weighted by Gasteiger charge is 2.28. The van der Waals surface area contributed by atoms with Gasteiger partial charge in [0.25, 0.3) is 0 Å². The molecular weight excluding hydrogens is 483 g/mol. The quantitative estimate of drug-likeness (QED) is 0.285. The summed E-state index contributed by atoms with van der Waals surface area (Å²) in [4.78, 5) is 25.1. The predicted octanol–water partition coefficient (Wildman–Crippen LogP) is 5.99. The lowest BCUT2D eigenvalue weighted by Crippen LogP contribution is -2.07. The first-order valence-corrected chi connectivity index (χ1v) is 12.0. The van der Waals surface area contributed by atoms with E-state index in [4.69, 9.17) is 4.74 Å². The van der Waals surface area contributed by atoms with Crippen LogP contribution in [0.5, 0.6) is 11.6 Å². The highest BCUT2D eigenvalue weighted by atomic mass is 19.1. The summed E-state index contributed by atoms with van der Waals surface area (Å²) in [6.07, 6.45) is 2.64. The number of halogens is 1. The molecule has 0 unspecified atom stereocenters. The van der Waals surface area contributed by atoms with Gasteiger partial charge in [-0.25, -0.2) is 19.3 Å². The zero-order valence-electron chi connectivity index (χ0n) is 20.7. The van der Waals surface area contributed by atoms with Gasteiger partial charge in [-0.3, -0.25) is 4.79 Å². The van der Waals surface area contributed by atoms with Crippen molar-refractivity contribution in [3.63, 3.8) is 0 Å². The maximum Gasteiger partial charge on any atom is 0.247 e. The SMILES string of the molecule is C=CC(=O)Nc1ccc(-c2c3c4c(ncnc4n2C)NCc2cc(Oc4cccc(C)n4)ccc2-3)c(F)c1. The van der Waals surface area contributed by atoms with Gasteiger partial charge in [-0.15, -0.1) is 0 Å². The number of rotatable bonds is 5. The monoisotopic (exact) mass is 506 g/mol. The summed E-state index contributed by atoms with van der Waals surface area (Å²) >= 11 is 0. The van der Waals surface area contributed by atoms with Crippen molar-refractivity contribution in [2.45, 2.75) is 13.5 Å². The number of nitrogens with one attached hydrogen (secondary N) is 2. The number of ether oxygens (including phenoxy) is 1. The van der Waals surface area contributed by atoms with Crippen molar-refractivity contribution in [2.75, 3.05) is 10.6 Å². The Kier molecular flexibility index (Phi) is 5.60. The molecule has 0 bridgehead atoms. The van der Waals surface area contributed by atoms with Crippen LogP contribution in [0.2, 0.25) is 0 Å². The molecule has 1 aliphatic rings. The number of benzene rings is 2. The van der Waals surface area contributed by atoms with E-state index in [9.17, 15) is 4.79 Å². The van der Waals surface area contributed by atoms with Crippen molar-refractivity contribution in [3.8, 4) is 34.0 Å². The van der Waals surface area contributed by atoms with Gasteiger partial charge >= 0.3 is 0 Å². The molecule has 0 saturated carbocycles. The van der Waals surface area contributed by atoms with Crippen LogP contribution >= 0.6 is 0 Å². The second-order valence-corrected chi connectivity index (χ2v) is 8.98. The standard InChI is InChI=1S/C29H23FN6O2/c1-4-23(37)35-18-8-10-21(22(30)13-18)27-25-20-11-9-19(38-24-7-5-6-16(2)34-24)12-17(20)14-31-28-26(25)29(36(27)3)33-15-32-28/h4-13,15H,1,14H2,2-3H3,(H,35,37)(H,31,32,33). The smallest absolute Gasteiger partial charge is 0.247 e. The predicted molar refractivity (Wildman–Crippen MR) is 145 cm³/mol. The largest absolute Gasteiger partial charge is 0.439 e. The Balaban J connectivity index is 1.51. The van der Waals surface area contributed by atoms with Crippen LogP contribution in [0, 0.1) is 12.7 Å². The Morgan fingerprint density at radius 1 is 1.16 bits per heavy atom. The first kappa shape index (κ1) is 23.4. The second kappa shape index (κ2) is 9.11. The third-order valence-corrected chi connectivity index (χ3v) is 6.52. The summed E-state index contributed by atoms with van der Waals surface area (Å²) in [7, 11) is 1.85. The number of nitrogens with zero attached hydrogens (tertiary/aromatic N) is 4. The van der Waals surface area contributed by atoms with E-state index in [0.717, 1.165) is 33.8 Å². The maximum atomic E-state index is 15.6. The molecule has 188 valence electrons. The van der Waals surface area contributed by atoms with Crippen LogP contribution in [0.15, 0.2) is 73.6 Å². The molecule has 4 heterocycles. The fraction of sp³-hybridized carbons (Fsp3) is 0.103. The molecule has 0 fully saturated rings. The van der Waals surface area contributed by atoms with E-state index in [-0.39, 0.29) is 0 Å². The molecule has 8 nitrogen and oxygen atoms in total. The minimum atomic E-state index is -0.479. The van der Waals surface area contributed by atoms with Gasteiger partial charge < -0.3 is 19.9 Å². The van der Waals surface area contributed by atoms with Crippen LogP contribution in [-0.4, -0.2) is 25.4 Å². The van der Waals surface area contributed by atoms with Crippen molar-refractivity contribution < 1.29 is 13.9 Å². The minimum absolute atomic E-state index is 0.342. The number of amides is 1. The number of carbonyl (C=O) groups excluding carboxylic acids is 1. The lowest BCUT2D eigenvalue weighted by molar-refractivity contribution is -0.111. The summed E-state index contributed by atoms with van der Waals surface area (Å²) in [5.74, 6) is 0.929. The number of anilines is 2. The number of fused-ring (bicyclic) bond motifs is 2. The van der Waals surface area contributed by atoms with Gasteiger partial charge in [-0.05, 0) is 60.5 Å². The van der Waals surface area contributed by atoms with E-state index in [0.29, 0.717) is 46.6 Å². The summed E-state index contributed by atoms with van der Waals surface area (Å²) < 4.78 is 23.5. The molecule has 1 amide bonds. The molecule has 0 atom stereocenters. The Hall–Kier alpha value is -5.05. The average molecular weight is 507 g/mol. The number of aromatic nitrogens is 4. The molecule has 3 aromatic heterocycles. The molecule has 1 aliphatic heterocycles. The van der Waals surface area contributed by atoms with Crippen molar-refractivity contribution in [2.24, 2.45) is 7.05 Å². The normalized spacial score (nSPS) is 11.9. The molecule has 0 saturated heterocycles. The van der Waals surface area contributed by atoms with Gasteiger partial charge in [0.2, 0.25) is 11.8 Å². The Labute approximate surface area is 217 Å². The number of hydrogen-bond donors (Lipinski definition) is 2. The molecule has 2 aromatic carbocycles. The fourth-order valence-electron chi connectivity index (χ4n) is 4.84. The summed E-state index contributed by atoms with van der Waals surface area (Å²) in [6, 6.07) is 16.0. The van der Waals surface area contributed by atoms with E-state index < -0.39 is 11.7 Å². The third kappa shape index (κ3) is 3.94. The van der Waals surface area contributed by atoms with Gasteiger partial charge in [-0.2, -0.15) is 0 Å². The molecule has 6 rings (SSSR count). The average Bonchev–Trinajstić information content (AvgIpc) is 3.09. The number of pyridine rings is 1. The fourth-order valence-corrected chi connectivity index (χ4v) is 4.84. The van der Waals surface area contributed by atoms with Gasteiger partial charge in [-0.1, -0.05) is 18.7 Å². The Bertz CT molecular complexity index is 1760. The molecule has 5 aromatic rings. The lowest BCUT2D eigenvalue weighted by Gasteiger charge is -2.14. The van der Waals surface area contributed by atoms with Crippen molar-refractivity contribution in [3.05, 3.63) is 90.7 Å². The summed E-state index contributed by atoms with van der Waals surface area (Å²) in [6.45, 7) is 5.84. The van der Waals surface area contributed by atoms with Crippen molar-refractivity contribution in [1.82, 2.24) is 19.5 Å². The summed E-state index contributed by atoms with van der Waals surface area (Å²) in [5, 5.41) is 6.81. The maximum absolute atomic E-state index is 15.6. The summed E-state index contributed by atoms with van der Waals surface area (Å²) in [5.41, 5.74) is 5.60. The van der Waals surface area contributed by atoms with E-state index in [2.05, 4.69) is 32.2 Å². The molecule has 0 radical (unpaired) electrons. The van der Waals surface area contributed by atoms with E-state index in [1.54, 1.807) is 12.1 Å². The van der Waals surface area contributed by atoms with E-state index >= 15 is 4.39 Å². The molecule has 2 N–H and O–H groups in total. The van der Waals surface area contributed by atoms with E-state index in [1.165, 1.54) is 12.4 Å². The Morgan fingerprint density at radius 3 is 2.79 bits per heavy atom. The zero-order valence-corrected chi connectivity index (χ0v) is 20.7. The van der Waals surface area contributed by atoms with Crippen LogP contribution in [0.1, 0.15) is 11.3 Å². The first-order valence-electron chi connectivity index (χ1n) is 12.0. The van der Waals surface area contributed by atoms with Crippen LogP contribution in [0.25, 0.3) is 33.4 Å². The van der Waals surface area contributed by atoms with Gasteiger partial charge in [0.05, 0.1) is 11.1 Å². The first-order chi connectivity index (χ1) is 18.4. The molecule has 9 heteroatoms. The number of aryl methyl sites for hydroxylation is 2. The second-order valence-electron chi connectivity index (χ2n) is 8.98. The number of hydrogen-bond acceptors (Lipinski definition) is 6. The van der Waals surface area contributed by atoms with E-state index in [1.807, 2.05) is 54.9 Å². The van der Waals surface area contributed by atoms with Crippen LogP contribution in [0.3, 0.4) is 0 Å².